The minimum absolute atomic E-state index is 0.320. The molecular formula is C17H21NO2S. The Morgan fingerprint density at radius 1 is 1.38 bits per heavy atom. The van der Waals surface area contributed by atoms with Crippen LogP contribution in [0.4, 0.5) is 0 Å². The molecule has 4 heteroatoms. The van der Waals surface area contributed by atoms with E-state index in [0.717, 1.165) is 30.9 Å². The third kappa shape index (κ3) is 3.57. The quantitative estimate of drug-likeness (QED) is 0.844. The van der Waals surface area contributed by atoms with Gasteiger partial charge in [0, 0.05) is 22.9 Å². The molecule has 1 N–H and O–H groups in total. The van der Waals surface area contributed by atoms with Crippen LogP contribution in [-0.4, -0.2) is 19.8 Å². The van der Waals surface area contributed by atoms with Gasteiger partial charge in [-0.05, 0) is 36.5 Å². The number of nitrogens with one attached hydrogen (secondary N) is 1. The Bertz CT molecular complexity index is 568. The Hall–Kier alpha value is -1.52. The molecule has 1 aliphatic rings. The van der Waals surface area contributed by atoms with Crippen LogP contribution in [0.15, 0.2) is 35.7 Å². The van der Waals surface area contributed by atoms with Crippen LogP contribution in [0.25, 0.3) is 0 Å². The number of rotatable bonds is 7. The van der Waals surface area contributed by atoms with Gasteiger partial charge in [-0.25, -0.2) is 0 Å². The maximum Gasteiger partial charge on any atom is 0.127 e. The SMILES string of the molecule is CCCNC1COc2cc(OCCc3cccs3)ccc21. The highest BCUT2D eigenvalue weighted by molar-refractivity contribution is 7.09. The molecule has 0 saturated carbocycles. The fraction of sp³-hybridized carbons (Fsp3) is 0.412. The van der Waals surface area contributed by atoms with Gasteiger partial charge in [0.05, 0.1) is 12.6 Å². The van der Waals surface area contributed by atoms with Crippen molar-refractivity contribution in [2.45, 2.75) is 25.8 Å². The number of fused-ring (bicyclic) bond motifs is 1. The first-order valence-corrected chi connectivity index (χ1v) is 8.40. The summed E-state index contributed by atoms with van der Waals surface area (Å²) in [7, 11) is 0. The van der Waals surface area contributed by atoms with Crippen molar-refractivity contribution < 1.29 is 9.47 Å². The highest BCUT2D eigenvalue weighted by Crippen LogP contribution is 2.35. The van der Waals surface area contributed by atoms with Gasteiger partial charge in [-0.3, -0.25) is 0 Å². The van der Waals surface area contributed by atoms with Gasteiger partial charge in [0.1, 0.15) is 18.1 Å². The Kier molecular flexibility index (Phi) is 4.78. The van der Waals surface area contributed by atoms with Crippen molar-refractivity contribution in [3.05, 3.63) is 46.2 Å². The van der Waals surface area contributed by atoms with E-state index in [9.17, 15) is 0 Å². The van der Waals surface area contributed by atoms with Crippen LogP contribution < -0.4 is 14.8 Å². The predicted octanol–water partition coefficient (Wildman–Crippen LogP) is 3.80. The molecule has 1 unspecified atom stereocenters. The van der Waals surface area contributed by atoms with E-state index in [0.29, 0.717) is 19.3 Å². The lowest BCUT2D eigenvalue weighted by molar-refractivity contribution is 0.304. The molecule has 1 aromatic heterocycles. The maximum absolute atomic E-state index is 5.83. The summed E-state index contributed by atoms with van der Waals surface area (Å²) in [5.41, 5.74) is 1.24. The van der Waals surface area contributed by atoms with Gasteiger partial charge >= 0.3 is 0 Å². The second-order valence-corrected chi connectivity index (χ2v) is 6.23. The third-order valence-electron chi connectivity index (χ3n) is 3.60. The van der Waals surface area contributed by atoms with E-state index in [1.165, 1.54) is 10.4 Å². The molecule has 0 bridgehead atoms. The van der Waals surface area contributed by atoms with Crippen LogP contribution in [0.3, 0.4) is 0 Å². The Balaban J connectivity index is 1.56. The molecule has 1 aliphatic heterocycles. The number of thiophene rings is 1. The third-order valence-corrected chi connectivity index (χ3v) is 4.54. The van der Waals surface area contributed by atoms with E-state index in [4.69, 9.17) is 9.47 Å². The van der Waals surface area contributed by atoms with Crippen molar-refractivity contribution in [1.29, 1.82) is 0 Å². The largest absolute Gasteiger partial charge is 0.493 e. The summed E-state index contributed by atoms with van der Waals surface area (Å²) in [5.74, 6) is 1.85. The summed E-state index contributed by atoms with van der Waals surface area (Å²) in [4.78, 5) is 1.36. The second-order valence-electron chi connectivity index (χ2n) is 5.20. The molecule has 0 radical (unpaired) electrons. The van der Waals surface area contributed by atoms with Crippen LogP contribution in [0.2, 0.25) is 0 Å². The van der Waals surface area contributed by atoms with Crippen molar-refractivity contribution in [2.24, 2.45) is 0 Å². The molecule has 3 rings (SSSR count). The molecule has 0 saturated heterocycles. The molecule has 112 valence electrons. The van der Waals surface area contributed by atoms with Crippen molar-refractivity contribution in [3.8, 4) is 11.5 Å². The van der Waals surface area contributed by atoms with Gasteiger partial charge in [0.25, 0.3) is 0 Å². The Morgan fingerprint density at radius 3 is 3.14 bits per heavy atom. The zero-order valence-corrected chi connectivity index (χ0v) is 13.1. The van der Waals surface area contributed by atoms with Gasteiger partial charge in [-0.2, -0.15) is 0 Å². The molecule has 1 aromatic carbocycles. The number of benzene rings is 1. The molecular weight excluding hydrogens is 282 g/mol. The minimum atomic E-state index is 0.320. The van der Waals surface area contributed by atoms with Crippen molar-refractivity contribution in [1.82, 2.24) is 5.32 Å². The zero-order valence-electron chi connectivity index (χ0n) is 12.3. The summed E-state index contributed by atoms with van der Waals surface area (Å²) in [6.45, 7) is 4.62. The van der Waals surface area contributed by atoms with E-state index in [-0.39, 0.29) is 0 Å². The number of hydrogen-bond donors (Lipinski definition) is 1. The van der Waals surface area contributed by atoms with Crippen molar-refractivity contribution >= 4 is 11.3 Å². The van der Waals surface area contributed by atoms with Gasteiger partial charge in [-0.15, -0.1) is 11.3 Å². The van der Waals surface area contributed by atoms with Gasteiger partial charge in [0.15, 0.2) is 0 Å². The van der Waals surface area contributed by atoms with Crippen LogP contribution in [0.5, 0.6) is 11.5 Å². The molecule has 0 spiro atoms. The van der Waals surface area contributed by atoms with Crippen LogP contribution in [0, 0.1) is 0 Å². The first-order valence-electron chi connectivity index (χ1n) is 7.52. The minimum Gasteiger partial charge on any atom is -0.493 e. The lowest BCUT2D eigenvalue weighted by Crippen LogP contribution is -2.22. The molecule has 2 heterocycles. The summed E-state index contributed by atoms with van der Waals surface area (Å²) < 4.78 is 11.6. The molecule has 2 aromatic rings. The summed E-state index contributed by atoms with van der Waals surface area (Å²) in [6.07, 6.45) is 2.09. The predicted molar refractivity (Wildman–Crippen MR) is 86.5 cm³/mol. The second kappa shape index (κ2) is 6.96. The molecule has 0 fully saturated rings. The highest BCUT2D eigenvalue weighted by atomic mass is 32.1. The fourth-order valence-corrected chi connectivity index (χ4v) is 3.18. The zero-order chi connectivity index (χ0) is 14.5. The monoisotopic (exact) mass is 303 g/mol. The fourth-order valence-electron chi connectivity index (χ4n) is 2.49. The van der Waals surface area contributed by atoms with E-state index in [1.807, 2.05) is 12.1 Å². The average molecular weight is 303 g/mol. The van der Waals surface area contributed by atoms with Crippen LogP contribution in [0.1, 0.15) is 29.8 Å². The highest BCUT2D eigenvalue weighted by Gasteiger charge is 2.23. The Morgan fingerprint density at radius 2 is 2.33 bits per heavy atom. The molecule has 3 nitrogen and oxygen atoms in total. The van der Waals surface area contributed by atoms with Gasteiger partial charge in [-0.1, -0.05) is 13.0 Å². The van der Waals surface area contributed by atoms with Crippen LogP contribution in [-0.2, 0) is 6.42 Å². The number of ether oxygens (including phenoxy) is 2. The van der Waals surface area contributed by atoms with Gasteiger partial charge in [0.2, 0.25) is 0 Å². The normalized spacial score (nSPS) is 16.5. The summed E-state index contributed by atoms with van der Waals surface area (Å²) in [6, 6.07) is 10.7. The van der Waals surface area contributed by atoms with E-state index in [2.05, 4.69) is 35.8 Å². The van der Waals surface area contributed by atoms with Crippen LogP contribution >= 0.6 is 11.3 Å². The summed E-state index contributed by atoms with van der Waals surface area (Å²) in [5, 5.41) is 5.60. The van der Waals surface area contributed by atoms with E-state index >= 15 is 0 Å². The smallest absolute Gasteiger partial charge is 0.127 e. The lowest BCUT2D eigenvalue weighted by Gasteiger charge is -2.11. The standard InChI is InChI=1S/C17H21NO2S/c1-2-8-18-16-12-20-17-11-13(5-6-15(16)17)19-9-7-14-4-3-10-21-14/h3-6,10-11,16,18H,2,7-9,12H2,1H3. The lowest BCUT2D eigenvalue weighted by atomic mass is 10.1. The van der Waals surface area contributed by atoms with E-state index < -0.39 is 0 Å². The van der Waals surface area contributed by atoms with Gasteiger partial charge < -0.3 is 14.8 Å². The Labute approximate surface area is 129 Å². The topological polar surface area (TPSA) is 30.5 Å². The maximum atomic E-state index is 5.83. The molecule has 0 amide bonds. The molecule has 21 heavy (non-hydrogen) atoms. The van der Waals surface area contributed by atoms with E-state index in [1.54, 1.807) is 11.3 Å². The number of hydrogen-bond acceptors (Lipinski definition) is 4. The average Bonchev–Trinajstić information content (AvgIpc) is 3.14. The summed E-state index contributed by atoms with van der Waals surface area (Å²) >= 11 is 1.77. The van der Waals surface area contributed by atoms with Crippen molar-refractivity contribution in [2.75, 3.05) is 19.8 Å². The first kappa shape index (κ1) is 14.4. The molecule has 0 aliphatic carbocycles. The first-order chi connectivity index (χ1) is 10.4. The van der Waals surface area contributed by atoms with Crippen molar-refractivity contribution in [3.63, 3.8) is 0 Å². The molecule has 1 atom stereocenters.